The van der Waals surface area contributed by atoms with E-state index in [1.54, 1.807) is 12.3 Å². The van der Waals surface area contributed by atoms with Gasteiger partial charge in [0.25, 0.3) is 5.91 Å². The van der Waals surface area contributed by atoms with E-state index in [0.29, 0.717) is 31.0 Å². The molecule has 1 unspecified atom stereocenters. The van der Waals surface area contributed by atoms with E-state index < -0.39 is 0 Å². The Morgan fingerprint density at radius 1 is 1.12 bits per heavy atom. The third-order valence-electron chi connectivity index (χ3n) is 4.99. The molecule has 1 amide bonds. The normalized spacial score (nSPS) is 19.3. The summed E-state index contributed by atoms with van der Waals surface area (Å²) in [7, 11) is 0. The Hall–Kier alpha value is -2.76. The van der Waals surface area contributed by atoms with Gasteiger partial charge in [0.15, 0.2) is 17.3 Å². The Balaban J connectivity index is 1.59. The Morgan fingerprint density at radius 3 is 2.69 bits per heavy atom. The molecule has 6 nitrogen and oxygen atoms in total. The van der Waals surface area contributed by atoms with Crippen LogP contribution in [-0.4, -0.2) is 41.3 Å². The van der Waals surface area contributed by atoms with Gasteiger partial charge >= 0.3 is 0 Å². The highest BCUT2D eigenvalue weighted by molar-refractivity contribution is 5.99. The van der Waals surface area contributed by atoms with E-state index in [4.69, 9.17) is 9.47 Å². The van der Waals surface area contributed by atoms with Gasteiger partial charge in [0.2, 0.25) is 0 Å². The summed E-state index contributed by atoms with van der Waals surface area (Å²) >= 11 is 0. The zero-order valence-electron chi connectivity index (χ0n) is 14.8. The fraction of sp³-hybridized carbons (Fsp3) is 0.400. The summed E-state index contributed by atoms with van der Waals surface area (Å²) in [5.41, 5.74) is 2.04. The fourth-order valence-electron chi connectivity index (χ4n) is 3.62. The Morgan fingerprint density at radius 2 is 1.92 bits per heavy atom. The molecule has 0 saturated carbocycles. The van der Waals surface area contributed by atoms with Gasteiger partial charge in [-0.2, -0.15) is 0 Å². The van der Waals surface area contributed by atoms with Crippen molar-refractivity contribution in [2.24, 2.45) is 0 Å². The van der Waals surface area contributed by atoms with Crippen molar-refractivity contribution in [3.8, 4) is 11.5 Å². The number of carbonyl (C=O) groups excluding carboxylic acids is 2. The first-order valence-electron chi connectivity index (χ1n) is 9.03. The highest BCUT2D eigenvalue weighted by atomic mass is 16.5. The van der Waals surface area contributed by atoms with Gasteiger partial charge in [-0.1, -0.05) is 6.07 Å². The van der Waals surface area contributed by atoms with Crippen LogP contribution in [0.25, 0.3) is 0 Å². The summed E-state index contributed by atoms with van der Waals surface area (Å²) < 4.78 is 11.5. The number of ketones is 1. The molecule has 136 valence electrons. The maximum absolute atomic E-state index is 12.9. The van der Waals surface area contributed by atoms with Gasteiger partial charge in [-0.25, -0.2) is 0 Å². The van der Waals surface area contributed by atoms with Crippen molar-refractivity contribution in [3.63, 3.8) is 0 Å². The van der Waals surface area contributed by atoms with E-state index >= 15 is 0 Å². The molecule has 2 aliphatic rings. The summed E-state index contributed by atoms with van der Waals surface area (Å²) in [5.74, 6) is 1.38. The summed E-state index contributed by atoms with van der Waals surface area (Å²) in [4.78, 5) is 29.2. The number of nitrogens with one attached hydrogen (secondary N) is 1. The monoisotopic (exact) mass is 354 g/mol. The Labute approximate surface area is 152 Å². The van der Waals surface area contributed by atoms with E-state index in [-0.39, 0.29) is 17.7 Å². The molecule has 0 aliphatic carbocycles. The number of fused-ring (bicyclic) bond motifs is 1. The van der Waals surface area contributed by atoms with Gasteiger partial charge in [-0.3, -0.25) is 9.59 Å². The van der Waals surface area contributed by atoms with Crippen LogP contribution in [0.4, 0.5) is 0 Å². The van der Waals surface area contributed by atoms with Crippen molar-refractivity contribution in [1.82, 2.24) is 9.88 Å². The number of rotatable bonds is 3. The molecule has 2 aromatic rings. The number of ether oxygens (including phenoxy) is 2. The molecule has 0 spiro atoms. The molecule has 1 saturated heterocycles. The van der Waals surface area contributed by atoms with Gasteiger partial charge in [0.1, 0.15) is 5.69 Å². The second-order valence-corrected chi connectivity index (χ2v) is 6.77. The van der Waals surface area contributed by atoms with Crippen LogP contribution < -0.4 is 9.47 Å². The van der Waals surface area contributed by atoms with E-state index in [9.17, 15) is 9.59 Å². The van der Waals surface area contributed by atoms with Crippen LogP contribution in [0.15, 0.2) is 30.5 Å². The molecule has 0 bridgehead atoms. The SMILES string of the molecule is CC(=O)c1c[nH]c(C(=O)N2CCCC2c2ccc3c(c2)OCCCO3)c1. The molecule has 0 radical (unpaired) electrons. The maximum atomic E-state index is 12.9. The molecule has 1 atom stereocenters. The minimum Gasteiger partial charge on any atom is -0.490 e. The fourth-order valence-corrected chi connectivity index (χ4v) is 3.62. The molecular formula is C20H22N2O4. The zero-order valence-corrected chi connectivity index (χ0v) is 14.8. The first-order valence-corrected chi connectivity index (χ1v) is 9.03. The Kier molecular flexibility index (Phi) is 4.41. The lowest BCUT2D eigenvalue weighted by atomic mass is 10.0. The molecule has 1 fully saturated rings. The van der Waals surface area contributed by atoms with Gasteiger partial charge < -0.3 is 19.4 Å². The maximum Gasteiger partial charge on any atom is 0.270 e. The van der Waals surface area contributed by atoms with Crippen molar-refractivity contribution in [2.75, 3.05) is 19.8 Å². The third-order valence-corrected chi connectivity index (χ3v) is 4.99. The molecular weight excluding hydrogens is 332 g/mol. The third kappa shape index (κ3) is 3.07. The second kappa shape index (κ2) is 6.86. The summed E-state index contributed by atoms with van der Waals surface area (Å²) in [6.45, 7) is 3.49. The summed E-state index contributed by atoms with van der Waals surface area (Å²) in [5, 5.41) is 0. The Bertz CT molecular complexity index is 842. The number of amides is 1. The number of H-pyrrole nitrogens is 1. The van der Waals surface area contributed by atoms with Crippen LogP contribution in [0, 0.1) is 0 Å². The predicted molar refractivity (Wildman–Crippen MR) is 95.9 cm³/mol. The number of carbonyl (C=O) groups is 2. The molecule has 26 heavy (non-hydrogen) atoms. The standard InChI is InChI=1S/C20H22N2O4/c1-13(23)15-10-16(21-12-15)20(24)22-7-2-4-17(22)14-5-6-18-19(11-14)26-9-3-8-25-18/h5-6,10-12,17,21H,2-4,7-9H2,1H3. The van der Waals surface area contributed by atoms with Gasteiger partial charge in [0, 0.05) is 24.7 Å². The molecule has 1 N–H and O–H groups in total. The molecule has 1 aromatic carbocycles. The van der Waals surface area contributed by atoms with Crippen molar-refractivity contribution in [2.45, 2.75) is 32.2 Å². The molecule has 3 heterocycles. The minimum atomic E-state index is -0.0767. The van der Waals surface area contributed by atoms with Gasteiger partial charge in [0.05, 0.1) is 19.3 Å². The lowest BCUT2D eigenvalue weighted by molar-refractivity contribution is 0.0730. The van der Waals surface area contributed by atoms with Crippen molar-refractivity contribution in [3.05, 3.63) is 47.3 Å². The lowest BCUT2D eigenvalue weighted by Crippen LogP contribution is -2.30. The zero-order chi connectivity index (χ0) is 18.1. The molecule has 4 rings (SSSR count). The van der Waals surface area contributed by atoms with Gasteiger partial charge in [-0.15, -0.1) is 0 Å². The lowest BCUT2D eigenvalue weighted by Gasteiger charge is -2.25. The average molecular weight is 354 g/mol. The van der Waals surface area contributed by atoms with E-state index in [2.05, 4.69) is 4.98 Å². The van der Waals surface area contributed by atoms with Crippen molar-refractivity contribution >= 4 is 11.7 Å². The molecule has 2 aliphatic heterocycles. The highest BCUT2D eigenvalue weighted by Crippen LogP contribution is 2.38. The van der Waals surface area contributed by atoms with Crippen molar-refractivity contribution < 1.29 is 19.1 Å². The van der Waals surface area contributed by atoms with E-state index in [1.165, 1.54) is 6.92 Å². The number of Topliss-reactive ketones (excluding diaryl/α,β-unsaturated/α-hetero) is 1. The highest BCUT2D eigenvalue weighted by Gasteiger charge is 2.32. The summed E-state index contributed by atoms with van der Waals surface area (Å²) in [6.07, 6.45) is 4.31. The van der Waals surface area contributed by atoms with Crippen LogP contribution in [0.3, 0.4) is 0 Å². The van der Waals surface area contributed by atoms with E-state index in [0.717, 1.165) is 36.3 Å². The van der Waals surface area contributed by atoms with Crippen LogP contribution >= 0.6 is 0 Å². The van der Waals surface area contributed by atoms with Crippen LogP contribution in [0.5, 0.6) is 11.5 Å². The quantitative estimate of drug-likeness (QED) is 0.858. The van der Waals surface area contributed by atoms with Gasteiger partial charge in [-0.05, 0) is 43.5 Å². The number of aromatic amines is 1. The second-order valence-electron chi connectivity index (χ2n) is 6.77. The van der Waals surface area contributed by atoms with Crippen LogP contribution in [0.2, 0.25) is 0 Å². The van der Waals surface area contributed by atoms with E-state index in [1.807, 2.05) is 23.1 Å². The number of benzene rings is 1. The summed E-state index contributed by atoms with van der Waals surface area (Å²) in [6, 6.07) is 7.57. The average Bonchev–Trinajstić information content (AvgIpc) is 3.26. The largest absolute Gasteiger partial charge is 0.490 e. The smallest absolute Gasteiger partial charge is 0.270 e. The number of hydrogen-bond acceptors (Lipinski definition) is 4. The van der Waals surface area contributed by atoms with Crippen LogP contribution in [0.1, 0.15) is 58.6 Å². The first-order chi connectivity index (χ1) is 12.6. The molecule has 6 heteroatoms. The number of aromatic nitrogens is 1. The topological polar surface area (TPSA) is 71.6 Å². The van der Waals surface area contributed by atoms with Crippen molar-refractivity contribution in [1.29, 1.82) is 0 Å². The van der Waals surface area contributed by atoms with Crippen LogP contribution in [-0.2, 0) is 0 Å². The number of likely N-dealkylation sites (tertiary alicyclic amines) is 1. The number of nitrogens with zero attached hydrogens (tertiary/aromatic N) is 1. The molecule has 1 aromatic heterocycles. The number of hydrogen-bond donors (Lipinski definition) is 1. The predicted octanol–water partition coefficient (Wildman–Crippen LogP) is 3.36. The first kappa shape index (κ1) is 16.7. The minimum absolute atomic E-state index is 0.00345.